The van der Waals surface area contributed by atoms with E-state index in [4.69, 9.17) is 4.74 Å². The molecule has 0 amide bonds. The standard InChI is InChI=1S/C9H20N2O3S/c1-8-6-10-4-5-11(8)15(12,13)7-9(2)14-3/h8-10H,4-7H2,1-3H3/t8-,9?/m0/s1. The molecule has 0 aromatic carbocycles. The van der Waals surface area contributed by atoms with Crippen LogP contribution < -0.4 is 5.32 Å². The quantitative estimate of drug-likeness (QED) is 0.724. The first kappa shape index (κ1) is 12.9. The maximum absolute atomic E-state index is 12.0. The van der Waals surface area contributed by atoms with Crippen LogP contribution in [0.4, 0.5) is 0 Å². The fourth-order valence-corrected chi connectivity index (χ4v) is 3.61. The fraction of sp³-hybridized carbons (Fsp3) is 1.00. The molecule has 1 saturated heterocycles. The normalized spacial score (nSPS) is 26.5. The Morgan fingerprint density at radius 3 is 2.80 bits per heavy atom. The summed E-state index contributed by atoms with van der Waals surface area (Å²) in [5.74, 6) is 0.0633. The zero-order chi connectivity index (χ0) is 11.5. The largest absolute Gasteiger partial charge is 0.381 e. The average molecular weight is 236 g/mol. The van der Waals surface area contributed by atoms with E-state index in [-0.39, 0.29) is 17.9 Å². The third-order valence-corrected chi connectivity index (χ3v) is 4.79. The third kappa shape index (κ3) is 3.41. The minimum absolute atomic E-state index is 0.0350. The van der Waals surface area contributed by atoms with Gasteiger partial charge in [-0.15, -0.1) is 0 Å². The van der Waals surface area contributed by atoms with Gasteiger partial charge in [0.1, 0.15) is 0 Å². The highest BCUT2D eigenvalue weighted by Gasteiger charge is 2.30. The van der Waals surface area contributed by atoms with Crippen molar-refractivity contribution >= 4 is 10.0 Å². The van der Waals surface area contributed by atoms with Crippen molar-refractivity contribution < 1.29 is 13.2 Å². The van der Waals surface area contributed by atoms with E-state index >= 15 is 0 Å². The van der Waals surface area contributed by atoms with E-state index in [1.807, 2.05) is 6.92 Å². The summed E-state index contributed by atoms with van der Waals surface area (Å²) in [7, 11) is -1.65. The lowest BCUT2D eigenvalue weighted by Gasteiger charge is -2.33. The molecule has 5 nitrogen and oxygen atoms in total. The van der Waals surface area contributed by atoms with Gasteiger partial charge in [-0.3, -0.25) is 0 Å². The molecule has 1 aliphatic rings. The number of sulfonamides is 1. The van der Waals surface area contributed by atoms with Crippen molar-refractivity contribution in [3.05, 3.63) is 0 Å². The van der Waals surface area contributed by atoms with Crippen molar-refractivity contribution in [1.82, 2.24) is 9.62 Å². The zero-order valence-electron chi connectivity index (χ0n) is 9.56. The maximum atomic E-state index is 12.0. The van der Waals surface area contributed by atoms with Crippen LogP contribution in [-0.4, -0.2) is 57.4 Å². The summed E-state index contributed by atoms with van der Waals surface area (Å²) >= 11 is 0. The first-order chi connectivity index (χ1) is 6.97. The Balaban J connectivity index is 2.67. The Labute approximate surface area is 91.8 Å². The van der Waals surface area contributed by atoms with E-state index in [1.54, 1.807) is 11.2 Å². The molecule has 1 aliphatic heterocycles. The molecule has 90 valence electrons. The van der Waals surface area contributed by atoms with Crippen molar-refractivity contribution in [1.29, 1.82) is 0 Å². The molecule has 0 aliphatic carbocycles. The second kappa shape index (κ2) is 5.25. The molecule has 0 aromatic heterocycles. The smallest absolute Gasteiger partial charge is 0.216 e. The lowest BCUT2D eigenvalue weighted by molar-refractivity contribution is 0.134. The van der Waals surface area contributed by atoms with Gasteiger partial charge in [-0.25, -0.2) is 8.42 Å². The first-order valence-corrected chi connectivity index (χ1v) is 6.81. The van der Waals surface area contributed by atoms with Crippen molar-refractivity contribution in [2.45, 2.75) is 26.0 Å². The number of hydrogen-bond donors (Lipinski definition) is 1. The number of nitrogens with one attached hydrogen (secondary N) is 1. The highest BCUT2D eigenvalue weighted by molar-refractivity contribution is 7.89. The topological polar surface area (TPSA) is 58.6 Å². The summed E-state index contributed by atoms with van der Waals surface area (Å²) in [6.07, 6.45) is -0.253. The van der Waals surface area contributed by atoms with Crippen LogP contribution in [0, 0.1) is 0 Å². The molecule has 6 heteroatoms. The number of piperazine rings is 1. The molecular formula is C9H20N2O3S. The van der Waals surface area contributed by atoms with Gasteiger partial charge in [-0.2, -0.15) is 4.31 Å². The Kier molecular flexibility index (Phi) is 4.51. The predicted molar refractivity (Wildman–Crippen MR) is 59.3 cm³/mol. The summed E-state index contributed by atoms with van der Waals surface area (Å²) in [6.45, 7) is 5.69. The zero-order valence-corrected chi connectivity index (χ0v) is 10.4. The molecule has 0 saturated carbocycles. The van der Waals surface area contributed by atoms with Gasteiger partial charge >= 0.3 is 0 Å². The van der Waals surface area contributed by atoms with Gasteiger partial charge in [-0.1, -0.05) is 0 Å². The van der Waals surface area contributed by atoms with Crippen LogP contribution in [0.15, 0.2) is 0 Å². The van der Waals surface area contributed by atoms with E-state index in [1.165, 1.54) is 7.11 Å². The van der Waals surface area contributed by atoms with Gasteiger partial charge in [0.2, 0.25) is 10.0 Å². The molecule has 0 aromatic rings. The number of nitrogens with zero attached hydrogens (tertiary/aromatic N) is 1. The fourth-order valence-electron chi connectivity index (χ4n) is 1.70. The third-order valence-electron chi connectivity index (χ3n) is 2.65. The van der Waals surface area contributed by atoms with Crippen LogP contribution in [0.5, 0.6) is 0 Å². The van der Waals surface area contributed by atoms with Gasteiger partial charge in [0.05, 0.1) is 11.9 Å². The summed E-state index contributed by atoms with van der Waals surface area (Å²) in [5.41, 5.74) is 0. The maximum Gasteiger partial charge on any atom is 0.216 e. The second-order valence-electron chi connectivity index (χ2n) is 3.99. The van der Waals surface area contributed by atoms with Gasteiger partial charge in [0, 0.05) is 32.8 Å². The van der Waals surface area contributed by atoms with E-state index in [2.05, 4.69) is 5.32 Å². The molecule has 15 heavy (non-hydrogen) atoms. The van der Waals surface area contributed by atoms with E-state index in [0.29, 0.717) is 6.54 Å². The van der Waals surface area contributed by atoms with E-state index in [9.17, 15) is 8.42 Å². The summed E-state index contributed by atoms with van der Waals surface area (Å²) in [6, 6.07) is 0.0350. The Morgan fingerprint density at radius 1 is 1.60 bits per heavy atom. The van der Waals surface area contributed by atoms with Crippen molar-refractivity contribution in [3.8, 4) is 0 Å². The Hall–Kier alpha value is -0.170. The van der Waals surface area contributed by atoms with Crippen LogP contribution in [0.1, 0.15) is 13.8 Å². The monoisotopic (exact) mass is 236 g/mol. The predicted octanol–water partition coefficient (Wildman–Crippen LogP) is -0.355. The van der Waals surface area contributed by atoms with Crippen LogP contribution in [0.25, 0.3) is 0 Å². The Bertz CT molecular complexity index is 292. The number of methoxy groups -OCH3 is 1. The highest BCUT2D eigenvalue weighted by Crippen LogP contribution is 2.11. The van der Waals surface area contributed by atoms with E-state index in [0.717, 1.165) is 13.1 Å². The lowest BCUT2D eigenvalue weighted by atomic mass is 10.3. The highest BCUT2D eigenvalue weighted by atomic mass is 32.2. The minimum atomic E-state index is -3.18. The van der Waals surface area contributed by atoms with Crippen LogP contribution in [0.3, 0.4) is 0 Å². The molecule has 2 atom stereocenters. The molecule has 1 rings (SSSR count). The van der Waals surface area contributed by atoms with Crippen LogP contribution >= 0.6 is 0 Å². The van der Waals surface area contributed by atoms with Crippen LogP contribution in [0.2, 0.25) is 0 Å². The molecule has 1 heterocycles. The first-order valence-electron chi connectivity index (χ1n) is 5.20. The molecule has 0 spiro atoms. The SMILES string of the molecule is COC(C)CS(=O)(=O)N1CCNC[C@@H]1C. The van der Waals surface area contributed by atoms with Gasteiger partial charge in [0.15, 0.2) is 0 Å². The van der Waals surface area contributed by atoms with Crippen molar-refractivity contribution in [2.75, 3.05) is 32.5 Å². The summed E-state index contributed by atoms with van der Waals surface area (Å²) < 4.78 is 30.5. The molecule has 0 radical (unpaired) electrons. The lowest BCUT2D eigenvalue weighted by Crippen LogP contribution is -2.53. The minimum Gasteiger partial charge on any atom is -0.381 e. The van der Waals surface area contributed by atoms with E-state index < -0.39 is 10.0 Å². The van der Waals surface area contributed by atoms with Crippen molar-refractivity contribution in [3.63, 3.8) is 0 Å². The second-order valence-corrected chi connectivity index (χ2v) is 5.95. The summed E-state index contributed by atoms with van der Waals surface area (Å²) in [4.78, 5) is 0. The van der Waals surface area contributed by atoms with Gasteiger partial charge < -0.3 is 10.1 Å². The molecule has 1 fully saturated rings. The van der Waals surface area contributed by atoms with Gasteiger partial charge in [-0.05, 0) is 13.8 Å². The Morgan fingerprint density at radius 2 is 2.27 bits per heavy atom. The average Bonchev–Trinajstić information content (AvgIpc) is 2.17. The number of rotatable bonds is 4. The summed E-state index contributed by atoms with van der Waals surface area (Å²) in [5, 5.41) is 3.17. The molecule has 1 N–H and O–H groups in total. The van der Waals surface area contributed by atoms with Crippen molar-refractivity contribution in [2.24, 2.45) is 0 Å². The molecule has 0 bridgehead atoms. The van der Waals surface area contributed by atoms with Gasteiger partial charge in [0.25, 0.3) is 0 Å². The number of hydrogen-bond acceptors (Lipinski definition) is 4. The van der Waals surface area contributed by atoms with Crippen LogP contribution in [-0.2, 0) is 14.8 Å². The molecule has 1 unspecified atom stereocenters. The molecular weight excluding hydrogens is 216 g/mol. The number of ether oxygens (including phenoxy) is 1.